The number of ether oxygens (including phenoxy) is 2. The Bertz CT molecular complexity index is 2100. The number of rotatable bonds is 12. The molecule has 2 atom stereocenters. The van der Waals surface area contributed by atoms with Gasteiger partial charge in [0.25, 0.3) is 5.56 Å². The summed E-state index contributed by atoms with van der Waals surface area (Å²) < 4.78 is 27.2. The fourth-order valence-electron chi connectivity index (χ4n) is 6.83. The average Bonchev–Trinajstić information content (AvgIpc) is 3.49. The molecule has 7 N–H and O–H groups in total. The molecular weight excluding hydrogens is 683 g/mol. The van der Waals surface area contributed by atoms with Crippen molar-refractivity contribution < 1.29 is 42.6 Å². The predicted octanol–water partition coefficient (Wildman–Crippen LogP) is -1.47. The van der Waals surface area contributed by atoms with E-state index in [9.17, 15) is 33.6 Å². The Hall–Kier alpha value is -5.75. The van der Waals surface area contributed by atoms with Crippen LogP contribution in [0.1, 0.15) is 58.4 Å². The molecule has 1 aliphatic carbocycles. The number of nitrogens with zero attached hydrogens (tertiary/aromatic N) is 2. The quantitative estimate of drug-likeness (QED) is 0.0924. The molecule has 2 aliphatic heterocycles. The summed E-state index contributed by atoms with van der Waals surface area (Å²) >= 11 is 0. The van der Waals surface area contributed by atoms with Crippen LogP contribution in [0.3, 0.4) is 0 Å². The minimum atomic E-state index is -1.09. The van der Waals surface area contributed by atoms with Crippen LogP contribution in [0.2, 0.25) is 0 Å². The van der Waals surface area contributed by atoms with Gasteiger partial charge in [0.2, 0.25) is 29.5 Å². The molecule has 6 rings (SSSR count). The highest BCUT2D eigenvalue weighted by atomic mass is 19.1. The molecule has 52 heavy (non-hydrogen) atoms. The second kappa shape index (κ2) is 14.8. The first kappa shape index (κ1) is 36.1. The molecule has 3 aliphatic rings. The number of cyclic esters (lactones) is 1. The van der Waals surface area contributed by atoms with Crippen molar-refractivity contribution in [2.24, 2.45) is 5.73 Å². The molecule has 0 saturated heterocycles. The van der Waals surface area contributed by atoms with Gasteiger partial charge in [0.15, 0.2) is 6.10 Å². The maximum atomic E-state index is 15.2. The maximum Gasteiger partial charge on any atom is 0.340 e. The van der Waals surface area contributed by atoms with E-state index in [1.54, 1.807) is 17.6 Å². The molecule has 17 nitrogen and oxygen atoms in total. The number of aryl methyl sites for hydroxylation is 1. The van der Waals surface area contributed by atoms with Crippen LogP contribution in [-0.2, 0) is 57.8 Å². The molecule has 0 fully saturated rings. The van der Waals surface area contributed by atoms with Crippen LogP contribution in [0.4, 0.5) is 4.39 Å². The van der Waals surface area contributed by atoms with E-state index < -0.39 is 60.7 Å². The fraction of sp³-hybridized carbons (Fsp3) is 0.412. The Kier molecular flexibility index (Phi) is 10.3. The number of benzene rings is 1. The van der Waals surface area contributed by atoms with Gasteiger partial charge in [0.1, 0.15) is 12.4 Å². The van der Waals surface area contributed by atoms with Gasteiger partial charge in [-0.15, -0.1) is 0 Å². The first-order valence-corrected chi connectivity index (χ1v) is 16.6. The van der Waals surface area contributed by atoms with Crippen molar-refractivity contribution in [3.8, 4) is 11.4 Å². The molecule has 3 aromatic rings. The fourth-order valence-corrected chi connectivity index (χ4v) is 6.83. The number of nitrogens with one attached hydrogen (secondary N) is 5. The van der Waals surface area contributed by atoms with Crippen LogP contribution in [0, 0.1) is 12.7 Å². The lowest BCUT2D eigenvalue weighted by Gasteiger charge is -2.29. The molecule has 0 radical (unpaired) electrons. The minimum absolute atomic E-state index is 0.0382. The second-order valence-electron chi connectivity index (χ2n) is 12.6. The summed E-state index contributed by atoms with van der Waals surface area (Å²) in [4.78, 5) is 91.3. The minimum Gasteiger partial charge on any atom is -0.458 e. The summed E-state index contributed by atoms with van der Waals surface area (Å²) in [5, 5.41) is 13.2. The summed E-state index contributed by atoms with van der Waals surface area (Å²) in [6.45, 7) is 0.152. The number of carbonyl (C=O) groups excluding carboxylic acids is 6. The number of hydrogen-bond acceptors (Lipinski definition) is 11. The third-order valence-corrected chi connectivity index (χ3v) is 9.39. The number of fused-ring (bicyclic) bond motifs is 5. The summed E-state index contributed by atoms with van der Waals surface area (Å²) in [7, 11) is 1.35. The largest absolute Gasteiger partial charge is 0.458 e. The van der Waals surface area contributed by atoms with Gasteiger partial charge in [-0.25, -0.2) is 14.2 Å². The number of hydrogen-bond donors (Lipinski definition) is 6. The number of carbonyl (C=O) groups is 6. The van der Waals surface area contributed by atoms with E-state index in [0.29, 0.717) is 57.4 Å². The number of aromatic nitrogens is 2. The normalized spacial score (nSPS) is 16.6. The van der Waals surface area contributed by atoms with Crippen LogP contribution >= 0.6 is 0 Å². The van der Waals surface area contributed by atoms with Gasteiger partial charge >= 0.3 is 5.97 Å². The average molecular weight is 721 g/mol. The number of methoxy groups -OCH3 is 1. The zero-order valence-corrected chi connectivity index (χ0v) is 28.4. The number of amides is 5. The van der Waals surface area contributed by atoms with Gasteiger partial charge in [-0.05, 0) is 42.5 Å². The Morgan fingerprint density at radius 1 is 0.962 bits per heavy atom. The molecule has 0 saturated carbocycles. The van der Waals surface area contributed by atoms with Crippen LogP contribution in [0.25, 0.3) is 22.3 Å². The molecule has 2 aromatic heterocycles. The molecule has 1 aromatic carbocycles. The van der Waals surface area contributed by atoms with Crippen molar-refractivity contribution in [1.29, 1.82) is 0 Å². The van der Waals surface area contributed by atoms with Gasteiger partial charge < -0.3 is 46.4 Å². The van der Waals surface area contributed by atoms with E-state index in [4.69, 9.17) is 20.2 Å². The molecular formula is C34H37FN8O9. The Morgan fingerprint density at radius 3 is 2.31 bits per heavy atom. The van der Waals surface area contributed by atoms with Crippen molar-refractivity contribution in [3.63, 3.8) is 0 Å². The Labute approximate surface area is 295 Å². The van der Waals surface area contributed by atoms with E-state index in [1.807, 2.05) is 0 Å². The van der Waals surface area contributed by atoms with Crippen LogP contribution < -0.4 is 37.9 Å². The van der Waals surface area contributed by atoms with Gasteiger partial charge in [-0.1, -0.05) is 0 Å². The maximum absolute atomic E-state index is 15.2. The molecule has 4 heterocycles. The van der Waals surface area contributed by atoms with E-state index >= 15 is 4.39 Å². The monoisotopic (exact) mass is 720 g/mol. The van der Waals surface area contributed by atoms with E-state index in [0.717, 1.165) is 11.1 Å². The second-order valence-corrected chi connectivity index (χ2v) is 12.6. The van der Waals surface area contributed by atoms with Crippen LogP contribution in [-0.4, -0.2) is 84.9 Å². The van der Waals surface area contributed by atoms with Crippen LogP contribution in [0.5, 0.6) is 0 Å². The van der Waals surface area contributed by atoms with Gasteiger partial charge in [-0.2, -0.15) is 0 Å². The molecule has 274 valence electrons. The van der Waals surface area contributed by atoms with Crippen molar-refractivity contribution in [3.05, 3.63) is 61.7 Å². The SMILES string of the molecule is COC1C(=O)OCc2c1cc1n(c2=O)Cc2c-1nc1cc(F)c(C)c3c1c2[C@@H](NC(=O)CCNC(=O)CNC(=O)CNC(=O)CNC(=O)CN)CC3. The zero-order chi connectivity index (χ0) is 37.3. The number of nitrogens with two attached hydrogens (primary N) is 1. The highest BCUT2D eigenvalue weighted by molar-refractivity contribution is 5.94. The molecule has 18 heteroatoms. The molecule has 5 amide bonds. The highest BCUT2D eigenvalue weighted by Crippen LogP contribution is 2.45. The van der Waals surface area contributed by atoms with Crippen molar-refractivity contribution in [2.45, 2.75) is 51.5 Å². The number of pyridine rings is 2. The first-order chi connectivity index (χ1) is 24.9. The number of halogens is 1. The lowest BCUT2D eigenvalue weighted by Crippen LogP contribution is -2.45. The highest BCUT2D eigenvalue weighted by Gasteiger charge is 2.38. The molecule has 0 spiro atoms. The zero-order valence-electron chi connectivity index (χ0n) is 28.4. The predicted molar refractivity (Wildman–Crippen MR) is 180 cm³/mol. The third-order valence-electron chi connectivity index (χ3n) is 9.39. The van der Waals surface area contributed by atoms with E-state index in [2.05, 4.69) is 26.6 Å². The molecule has 1 unspecified atom stereocenters. The van der Waals surface area contributed by atoms with E-state index in [1.165, 1.54) is 13.2 Å². The summed E-state index contributed by atoms with van der Waals surface area (Å²) in [6.07, 6.45) is -0.269. The van der Waals surface area contributed by atoms with Crippen molar-refractivity contribution in [1.82, 2.24) is 36.1 Å². The summed E-state index contributed by atoms with van der Waals surface area (Å²) in [5.74, 6) is -3.75. The third kappa shape index (κ3) is 6.93. The standard InChI is InChI=1S/C34H37FN8O9/c1-15-16-3-4-21(41-24(44)5-6-37-26(46)10-39-28(48)12-40-27(47)11-38-25(45)9-36)30-18-13-43-23(31(18)42-22(29(16)30)8-20(15)35)7-17-19(33(43)49)14-52-34(50)32(17)51-2/h7-8,21,32H,3-6,9-14,36H2,1-2H3,(H,37,46)(H,38,45)(H,39,48)(H,40,47)(H,41,44)/t21-,32?/m0/s1. The van der Waals surface area contributed by atoms with Crippen molar-refractivity contribution in [2.75, 3.05) is 39.8 Å². The lowest BCUT2D eigenvalue weighted by atomic mass is 9.81. The Balaban J connectivity index is 1.14. The lowest BCUT2D eigenvalue weighted by molar-refractivity contribution is -0.159. The van der Waals surface area contributed by atoms with E-state index in [-0.39, 0.29) is 50.7 Å². The smallest absolute Gasteiger partial charge is 0.340 e. The topological polar surface area (TPSA) is 242 Å². The summed E-state index contributed by atoms with van der Waals surface area (Å²) in [5.41, 5.74) is 9.42. The Morgan fingerprint density at radius 2 is 1.63 bits per heavy atom. The summed E-state index contributed by atoms with van der Waals surface area (Å²) in [6, 6.07) is 2.52. The van der Waals surface area contributed by atoms with Gasteiger partial charge in [0, 0.05) is 42.7 Å². The van der Waals surface area contributed by atoms with Gasteiger partial charge in [-0.3, -0.25) is 28.8 Å². The number of esters is 1. The van der Waals surface area contributed by atoms with Crippen molar-refractivity contribution >= 4 is 46.4 Å². The molecule has 0 bridgehead atoms. The van der Waals surface area contributed by atoms with Crippen LogP contribution in [0.15, 0.2) is 16.9 Å². The van der Waals surface area contributed by atoms with Gasteiger partial charge in [0.05, 0.1) is 61.2 Å². The first-order valence-electron chi connectivity index (χ1n) is 16.6.